The van der Waals surface area contributed by atoms with Crippen molar-refractivity contribution in [3.05, 3.63) is 29.8 Å². The topological polar surface area (TPSA) is 23.5 Å². The molecule has 2 nitrogen and oxygen atoms in total. The second kappa shape index (κ2) is 4.75. The van der Waals surface area contributed by atoms with Gasteiger partial charge in [-0.1, -0.05) is 12.5 Å². The highest BCUT2D eigenvalue weighted by Crippen LogP contribution is 2.44. The lowest BCUT2D eigenvalue weighted by molar-refractivity contribution is 0.0201. The van der Waals surface area contributed by atoms with Crippen molar-refractivity contribution in [3.8, 4) is 0 Å². The summed E-state index contributed by atoms with van der Waals surface area (Å²) >= 11 is 0. The van der Waals surface area contributed by atoms with Crippen LogP contribution in [0, 0.1) is 6.07 Å². The molecule has 0 amide bonds. The van der Waals surface area contributed by atoms with Gasteiger partial charge in [-0.15, -0.1) is 0 Å². The molecular weight excluding hydrogens is 248 g/mol. The molecular formula is C15H18F2NO. The second-order valence-corrected chi connectivity index (χ2v) is 5.64. The molecule has 1 heterocycles. The summed E-state index contributed by atoms with van der Waals surface area (Å²) in [6, 6.07) is 8.12. The van der Waals surface area contributed by atoms with Crippen LogP contribution in [0.5, 0.6) is 0 Å². The molecule has 19 heavy (non-hydrogen) atoms. The molecule has 1 N–H and O–H groups in total. The van der Waals surface area contributed by atoms with Crippen molar-refractivity contribution >= 4 is 5.69 Å². The first-order chi connectivity index (χ1) is 9.11. The number of aliphatic hydroxyl groups excluding tert-OH is 1. The summed E-state index contributed by atoms with van der Waals surface area (Å²) in [5.41, 5.74) is 1.98. The van der Waals surface area contributed by atoms with Gasteiger partial charge in [-0.3, -0.25) is 0 Å². The molecule has 0 unspecified atom stereocenters. The van der Waals surface area contributed by atoms with E-state index < -0.39 is 12.0 Å². The number of hydrogen-bond donors (Lipinski definition) is 1. The number of aliphatic hydroxyl groups is 1. The van der Waals surface area contributed by atoms with Gasteiger partial charge in [0, 0.05) is 12.1 Å². The van der Waals surface area contributed by atoms with Crippen LogP contribution in [-0.2, 0) is 0 Å². The average Bonchev–Trinajstić information content (AvgIpc) is 2.63. The molecule has 1 aliphatic carbocycles. The minimum Gasteiger partial charge on any atom is -0.394 e. The lowest BCUT2D eigenvalue weighted by Crippen LogP contribution is -2.34. The van der Waals surface area contributed by atoms with Gasteiger partial charge < -0.3 is 10.0 Å². The first kappa shape index (κ1) is 12.9. The summed E-state index contributed by atoms with van der Waals surface area (Å²) in [7, 11) is 0. The van der Waals surface area contributed by atoms with E-state index in [1.165, 1.54) is 6.42 Å². The molecule has 1 aromatic rings. The smallest absolute Gasteiger partial charge is 0.267 e. The first-order valence-electron chi connectivity index (χ1n) is 6.86. The van der Waals surface area contributed by atoms with Gasteiger partial charge in [0.1, 0.15) is 0 Å². The minimum absolute atomic E-state index is 0.224. The second-order valence-electron chi connectivity index (χ2n) is 5.64. The third kappa shape index (κ3) is 2.34. The summed E-state index contributed by atoms with van der Waals surface area (Å²) in [6.07, 6.45) is 3.20. The Kier molecular flexibility index (Phi) is 3.21. The Morgan fingerprint density at radius 3 is 2.84 bits per heavy atom. The van der Waals surface area contributed by atoms with Gasteiger partial charge in [0.25, 0.3) is 5.92 Å². The highest BCUT2D eigenvalue weighted by molar-refractivity contribution is 5.57. The molecule has 1 radical (unpaired) electrons. The van der Waals surface area contributed by atoms with Crippen LogP contribution in [0.3, 0.4) is 0 Å². The van der Waals surface area contributed by atoms with E-state index in [0.717, 1.165) is 24.1 Å². The Labute approximate surface area is 112 Å². The van der Waals surface area contributed by atoms with Crippen molar-refractivity contribution in [2.45, 2.75) is 43.6 Å². The predicted octanol–water partition coefficient (Wildman–Crippen LogP) is 2.96. The number of hydrogen-bond acceptors (Lipinski definition) is 2. The Morgan fingerprint density at radius 1 is 1.42 bits per heavy atom. The van der Waals surface area contributed by atoms with Gasteiger partial charge in [0.05, 0.1) is 19.2 Å². The molecule has 1 saturated carbocycles. The van der Waals surface area contributed by atoms with Gasteiger partial charge >= 0.3 is 0 Å². The number of anilines is 1. The van der Waals surface area contributed by atoms with E-state index in [9.17, 15) is 13.9 Å². The van der Waals surface area contributed by atoms with E-state index in [-0.39, 0.29) is 19.6 Å². The number of nitrogens with zero attached hydrogens (tertiary/aromatic N) is 1. The van der Waals surface area contributed by atoms with Gasteiger partial charge in [-0.25, -0.2) is 8.78 Å². The van der Waals surface area contributed by atoms with Gasteiger partial charge in [-0.2, -0.15) is 0 Å². The zero-order valence-electron chi connectivity index (χ0n) is 10.8. The number of alkyl halides is 2. The van der Waals surface area contributed by atoms with E-state index in [0.29, 0.717) is 5.92 Å². The summed E-state index contributed by atoms with van der Waals surface area (Å²) in [4.78, 5) is 1.68. The lowest BCUT2D eigenvalue weighted by atomic mass is 9.79. The molecule has 1 saturated heterocycles. The van der Waals surface area contributed by atoms with Crippen LogP contribution in [-0.4, -0.2) is 30.2 Å². The number of halogens is 2. The number of rotatable bonds is 3. The average molecular weight is 266 g/mol. The van der Waals surface area contributed by atoms with Crippen LogP contribution >= 0.6 is 0 Å². The van der Waals surface area contributed by atoms with Crippen LogP contribution in [0.15, 0.2) is 18.2 Å². The largest absolute Gasteiger partial charge is 0.394 e. The minimum atomic E-state index is -2.70. The van der Waals surface area contributed by atoms with Crippen LogP contribution in [0.1, 0.15) is 37.2 Å². The Hall–Kier alpha value is -1.16. The van der Waals surface area contributed by atoms with E-state index in [1.54, 1.807) is 11.0 Å². The van der Waals surface area contributed by atoms with Crippen LogP contribution in [0.25, 0.3) is 0 Å². The summed E-state index contributed by atoms with van der Waals surface area (Å²) in [5.74, 6) is -2.23. The molecule has 0 spiro atoms. The van der Waals surface area contributed by atoms with Crippen molar-refractivity contribution in [3.63, 3.8) is 0 Å². The molecule has 0 bridgehead atoms. The first-order valence-corrected chi connectivity index (χ1v) is 6.86. The predicted molar refractivity (Wildman–Crippen MR) is 69.7 cm³/mol. The zero-order chi connectivity index (χ0) is 13.5. The third-order valence-corrected chi connectivity index (χ3v) is 4.31. The fourth-order valence-corrected chi connectivity index (χ4v) is 3.09. The van der Waals surface area contributed by atoms with Crippen LogP contribution in [0.4, 0.5) is 14.5 Å². The molecule has 2 fully saturated rings. The zero-order valence-corrected chi connectivity index (χ0v) is 10.8. The van der Waals surface area contributed by atoms with Crippen molar-refractivity contribution < 1.29 is 13.9 Å². The highest BCUT2D eigenvalue weighted by Gasteiger charge is 2.45. The maximum absolute atomic E-state index is 13.6. The lowest BCUT2D eigenvalue weighted by Gasteiger charge is -2.33. The maximum Gasteiger partial charge on any atom is 0.267 e. The van der Waals surface area contributed by atoms with Gasteiger partial charge in [-0.05, 0) is 42.5 Å². The standard InChI is InChI=1S/C15H18F2NO/c16-15(17)8-12(9-19)18(10-15)14-7-2-1-6-13(14)11-4-3-5-11/h2,6-7,11-12,19H,3-5,8-10H2/t12-/m0/s1. The van der Waals surface area contributed by atoms with Crippen LogP contribution in [0.2, 0.25) is 0 Å². The monoisotopic (exact) mass is 266 g/mol. The van der Waals surface area contributed by atoms with Crippen molar-refractivity contribution in [2.24, 2.45) is 0 Å². The van der Waals surface area contributed by atoms with Gasteiger partial charge in [0.15, 0.2) is 0 Å². The van der Waals surface area contributed by atoms with Crippen molar-refractivity contribution in [2.75, 3.05) is 18.1 Å². The van der Waals surface area contributed by atoms with E-state index >= 15 is 0 Å². The summed E-state index contributed by atoms with van der Waals surface area (Å²) in [6.45, 7) is -0.514. The molecule has 2 aliphatic rings. The Morgan fingerprint density at radius 2 is 2.21 bits per heavy atom. The van der Waals surface area contributed by atoms with E-state index in [4.69, 9.17) is 0 Å². The van der Waals surface area contributed by atoms with E-state index in [2.05, 4.69) is 6.07 Å². The molecule has 1 aromatic carbocycles. The fourth-order valence-electron chi connectivity index (χ4n) is 3.09. The normalized spacial score (nSPS) is 26.5. The quantitative estimate of drug-likeness (QED) is 0.909. The molecule has 0 aromatic heterocycles. The van der Waals surface area contributed by atoms with Crippen molar-refractivity contribution in [1.29, 1.82) is 0 Å². The van der Waals surface area contributed by atoms with Gasteiger partial charge in [0.2, 0.25) is 0 Å². The Bertz CT molecular complexity index is 459. The number of benzene rings is 1. The van der Waals surface area contributed by atoms with Crippen LogP contribution < -0.4 is 4.90 Å². The van der Waals surface area contributed by atoms with Crippen molar-refractivity contribution in [1.82, 2.24) is 0 Å². The highest BCUT2D eigenvalue weighted by atomic mass is 19.3. The molecule has 1 aliphatic heterocycles. The third-order valence-electron chi connectivity index (χ3n) is 4.31. The van der Waals surface area contributed by atoms with E-state index in [1.807, 2.05) is 12.1 Å². The molecule has 3 rings (SSSR count). The SMILES string of the molecule is OC[C@@H]1CC(F)(F)CN1c1cc[c]cc1C1CCC1. The molecule has 103 valence electrons. The fraction of sp³-hybridized carbons (Fsp3) is 0.600. The summed E-state index contributed by atoms with van der Waals surface area (Å²) < 4.78 is 27.2. The maximum atomic E-state index is 13.6. The molecule has 1 atom stereocenters. The Balaban J connectivity index is 1.92. The molecule has 4 heteroatoms. The summed E-state index contributed by atoms with van der Waals surface area (Å²) in [5, 5.41) is 9.35.